The Kier molecular flexibility index (Phi) is 4.23. The number of aromatic nitrogens is 3. The summed E-state index contributed by atoms with van der Waals surface area (Å²) >= 11 is 0. The summed E-state index contributed by atoms with van der Waals surface area (Å²) in [4.78, 5) is 4.28. The molecule has 1 aromatic carbocycles. The van der Waals surface area contributed by atoms with E-state index in [0.29, 0.717) is 13.0 Å². The highest BCUT2D eigenvalue weighted by atomic mass is 19.2. The molecule has 136 valence electrons. The highest BCUT2D eigenvalue weighted by Gasteiger charge is 2.26. The lowest BCUT2D eigenvalue weighted by atomic mass is 10.1. The SMILES string of the molecule is Fc1ccc(-c2cccn3nc(N[C@@H]4CCNC[C@@H]4F)nc23)c(F)c1F. The molecular formula is C17H15F4N5. The van der Waals surface area contributed by atoms with Crippen LogP contribution in [0.25, 0.3) is 16.8 Å². The zero-order chi connectivity index (χ0) is 18.3. The summed E-state index contributed by atoms with van der Waals surface area (Å²) < 4.78 is 56.3. The van der Waals surface area contributed by atoms with Crippen molar-refractivity contribution in [3.63, 3.8) is 0 Å². The average molecular weight is 365 g/mol. The molecule has 5 nitrogen and oxygen atoms in total. The number of hydrogen-bond acceptors (Lipinski definition) is 4. The summed E-state index contributed by atoms with van der Waals surface area (Å²) in [5.74, 6) is -3.91. The van der Waals surface area contributed by atoms with E-state index in [-0.39, 0.29) is 29.3 Å². The molecule has 2 atom stereocenters. The van der Waals surface area contributed by atoms with E-state index in [1.54, 1.807) is 12.3 Å². The topological polar surface area (TPSA) is 54.2 Å². The van der Waals surface area contributed by atoms with E-state index in [1.807, 2.05) is 0 Å². The zero-order valence-corrected chi connectivity index (χ0v) is 13.5. The number of halogens is 4. The van der Waals surface area contributed by atoms with Gasteiger partial charge in [-0.25, -0.2) is 22.1 Å². The molecule has 0 spiro atoms. The quantitative estimate of drug-likeness (QED) is 0.554. The predicted molar refractivity (Wildman–Crippen MR) is 88.1 cm³/mol. The molecule has 1 fully saturated rings. The fourth-order valence-corrected chi connectivity index (χ4v) is 3.06. The van der Waals surface area contributed by atoms with Gasteiger partial charge in [0.1, 0.15) is 6.17 Å². The number of piperidine rings is 1. The van der Waals surface area contributed by atoms with Crippen molar-refractivity contribution in [1.82, 2.24) is 19.9 Å². The third-order valence-corrected chi connectivity index (χ3v) is 4.41. The van der Waals surface area contributed by atoms with E-state index in [1.165, 1.54) is 10.6 Å². The minimum atomic E-state index is -1.54. The molecule has 2 N–H and O–H groups in total. The van der Waals surface area contributed by atoms with Crippen LogP contribution in [-0.2, 0) is 0 Å². The molecular weight excluding hydrogens is 350 g/mol. The van der Waals surface area contributed by atoms with E-state index >= 15 is 0 Å². The van der Waals surface area contributed by atoms with Gasteiger partial charge >= 0.3 is 0 Å². The van der Waals surface area contributed by atoms with Gasteiger partial charge in [-0.15, -0.1) is 5.10 Å². The Balaban J connectivity index is 1.73. The highest BCUT2D eigenvalue weighted by molar-refractivity contribution is 5.78. The van der Waals surface area contributed by atoms with Crippen molar-refractivity contribution in [3.8, 4) is 11.1 Å². The molecule has 0 amide bonds. The number of pyridine rings is 1. The Labute approximate surface area is 146 Å². The van der Waals surface area contributed by atoms with Crippen LogP contribution in [0.2, 0.25) is 0 Å². The van der Waals surface area contributed by atoms with Crippen molar-refractivity contribution in [1.29, 1.82) is 0 Å². The van der Waals surface area contributed by atoms with E-state index in [0.717, 1.165) is 12.1 Å². The fraction of sp³-hybridized carbons (Fsp3) is 0.294. The van der Waals surface area contributed by atoms with Gasteiger partial charge in [-0.1, -0.05) is 0 Å². The second-order valence-corrected chi connectivity index (χ2v) is 6.11. The van der Waals surface area contributed by atoms with Gasteiger partial charge in [-0.05, 0) is 37.2 Å². The van der Waals surface area contributed by atoms with Crippen molar-refractivity contribution >= 4 is 11.6 Å². The molecule has 1 saturated heterocycles. The van der Waals surface area contributed by atoms with Crippen LogP contribution in [0.5, 0.6) is 0 Å². The summed E-state index contributed by atoms with van der Waals surface area (Å²) in [5, 5.41) is 10.1. The Morgan fingerprint density at radius 3 is 2.77 bits per heavy atom. The van der Waals surface area contributed by atoms with Crippen LogP contribution in [0, 0.1) is 17.5 Å². The lowest BCUT2D eigenvalue weighted by molar-refractivity contribution is 0.244. The zero-order valence-electron chi connectivity index (χ0n) is 13.5. The number of anilines is 1. The first-order valence-electron chi connectivity index (χ1n) is 8.15. The summed E-state index contributed by atoms with van der Waals surface area (Å²) in [5.41, 5.74) is 0.384. The van der Waals surface area contributed by atoms with Gasteiger partial charge in [-0.2, -0.15) is 4.98 Å². The molecule has 9 heteroatoms. The normalized spacial score (nSPS) is 20.5. The molecule has 4 rings (SSSR count). The fourth-order valence-electron chi connectivity index (χ4n) is 3.06. The van der Waals surface area contributed by atoms with Crippen molar-refractivity contribution in [2.24, 2.45) is 0 Å². The van der Waals surface area contributed by atoms with E-state index in [9.17, 15) is 17.6 Å². The van der Waals surface area contributed by atoms with Gasteiger partial charge in [0, 0.05) is 23.9 Å². The number of alkyl halides is 1. The second kappa shape index (κ2) is 6.56. The maximum atomic E-state index is 14.2. The van der Waals surface area contributed by atoms with Gasteiger partial charge in [0.15, 0.2) is 23.1 Å². The maximum Gasteiger partial charge on any atom is 0.243 e. The molecule has 0 unspecified atom stereocenters. The van der Waals surface area contributed by atoms with Gasteiger partial charge in [-0.3, -0.25) is 0 Å². The minimum absolute atomic E-state index is 0.126. The number of nitrogens with one attached hydrogen (secondary N) is 2. The van der Waals surface area contributed by atoms with E-state index in [4.69, 9.17) is 0 Å². The van der Waals surface area contributed by atoms with Gasteiger partial charge < -0.3 is 10.6 Å². The van der Waals surface area contributed by atoms with Crippen molar-refractivity contribution in [3.05, 3.63) is 47.9 Å². The minimum Gasteiger partial charge on any atom is -0.347 e. The molecule has 0 saturated carbocycles. The number of rotatable bonds is 3. The number of hydrogen-bond donors (Lipinski definition) is 2. The highest BCUT2D eigenvalue weighted by Crippen LogP contribution is 2.29. The van der Waals surface area contributed by atoms with Crippen molar-refractivity contribution in [2.75, 3.05) is 18.4 Å². The third-order valence-electron chi connectivity index (χ3n) is 4.41. The maximum absolute atomic E-state index is 14.2. The average Bonchev–Trinajstić information content (AvgIpc) is 3.05. The van der Waals surface area contributed by atoms with Gasteiger partial charge in [0.05, 0.1) is 6.04 Å². The van der Waals surface area contributed by atoms with Gasteiger partial charge in [0.25, 0.3) is 0 Å². The summed E-state index contributed by atoms with van der Waals surface area (Å²) in [7, 11) is 0. The first-order valence-corrected chi connectivity index (χ1v) is 8.15. The first-order chi connectivity index (χ1) is 12.5. The molecule has 1 aliphatic rings. The molecule has 3 aromatic rings. The Bertz CT molecular complexity index is 958. The Morgan fingerprint density at radius 1 is 1.12 bits per heavy atom. The molecule has 0 aliphatic carbocycles. The van der Waals surface area contributed by atoms with Crippen LogP contribution < -0.4 is 10.6 Å². The number of nitrogens with zero attached hydrogens (tertiary/aromatic N) is 3. The van der Waals surface area contributed by atoms with Crippen LogP contribution in [0.4, 0.5) is 23.5 Å². The largest absolute Gasteiger partial charge is 0.347 e. The van der Waals surface area contributed by atoms with Crippen LogP contribution in [0.15, 0.2) is 30.5 Å². The third kappa shape index (κ3) is 2.88. The summed E-state index contributed by atoms with van der Waals surface area (Å²) in [6, 6.07) is 4.69. The summed E-state index contributed by atoms with van der Waals surface area (Å²) in [6.45, 7) is 0.924. The number of benzene rings is 1. The van der Waals surface area contributed by atoms with E-state index < -0.39 is 29.7 Å². The molecule has 2 aromatic heterocycles. The second-order valence-electron chi connectivity index (χ2n) is 6.11. The Hall–Kier alpha value is -2.68. The van der Waals surface area contributed by atoms with Crippen molar-refractivity contribution < 1.29 is 17.6 Å². The lowest BCUT2D eigenvalue weighted by Crippen LogP contribution is -2.45. The van der Waals surface area contributed by atoms with Crippen LogP contribution in [0.3, 0.4) is 0 Å². The number of fused-ring (bicyclic) bond motifs is 1. The first kappa shape index (κ1) is 16.8. The van der Waals surface area contributed by atoms with Crippen LogP contribution >= 0.6 is 0 Å². The molecule has 26 heavy (non-hydrogen) atoms. The Morgan fingerprint density at radius 2 is 1.96 bits per heavy atom. The van der Waals surface area contributed by atoms with Crippen LogP contribution in [-0.4, -0.2) is 39.9 Å². The molecule has 0 radical (unpaired) electrons. The van der Waals surface area contributed by atoms with Gasteiger partial charge in [0.2, 0.25) is 5.95 Å². The van der Waals surface area contributed by atoms with Crippen LogP contribution in [0.1, 0.15) is 6.42 Å². The summed E-state index contributed by atoms with van der Waals surface area (Å²) in [6.07, 6.45) is 1.07. The molecule has 1 aliphatic heterocycles. The predicted octanol–water partition coefficient (Wildman–Crippen LogP) is 2.93. The smallest absolute Gasteiger partial charge is 0.243 e. The van der Waals surface area contributed by atoms with Crippen molar-refractivity contribution in [2.45, 2.75) is 18.6 Å². The monoisotopic (exact) mass is 365 g/mol. The lowest BCUT2D eigenvalue weighted by Gasteiger charge is -2.26. The molecule has 0 bridgehead atoms. The molecule has 3 heterocycles. The standard InChI is InChI=1S/C17H15F4N5/c18-11-4-3-9(14(20)15(11)21)10-2-1-7-26-16(10)24-17(25-26)23-13-5-6-22-8-12(13)19/h1-4,7,12-13,22H,5-6,8H2,(H,23,25)/t12-,13+/m0/s1. The van der Waals surface area contributed by atoms with E-state index in [2.05, 4.69) is 20.7 Å².